The molecule has 0 spiro atoms. The Balaban J connectivity index is 1.78. The minimum atomic E-state index is -0.474. The van der Waals surface area contributed by atoms with Gasteiger partial charge in [-0.25, -0.2) is 14.2 Å². The first-order valence-corrected chi connectivity index (χ1v) is 10.6. The third-order valence-electron chi connectivity index (χ3n) is 4.37. The Labute approximate surface area is 184 Å². The van der Waals surface area contributed by atoms with E-state index in [1.807, 2.05) is 30.3 Å². The van der Waals surface area contributed by atoms with E-state index in [1.165, 1.54) is 17.0 Å². The number of carbonyl (C=O) groups is 2. The maximum absolute atomic E-state index is 13.3. The molecule has 1 amide bonds. The van der Waals surface area contributed by atoms with Gasteiger partial charge in [-0.2, -0.15) is 0 Å². The number of ether oxygens (including phenoxy) is 2. The first-order chi connectivity index (χ1) is 15.0. The molecule has 0 unspecified atom stereocenters. The molecule has 1 aromatic heterocycles. The van der Waals surface area contributed by atoms with E-state index in [0.717, 1.165) is 22.5 Å². The number of halogens is 1. The largest absolute Gasteiger partial charge is 0.462 e. The second-order valence-electron chi connectivity index (χ2n) is 6.72. The number of aromatic nitrogens is 1. The first-order valence-electron chi connectivity index (χ1n) is 9.79. The molecule has 0 N–H and O–H groups in total. The number of carbonyl (C=O) groups excluding carboxylic acids is 2. The van der Waals surface area contributed by atoms with Crippen molar-refractivity contribution < 1.29 is 23.5 Å². The molecule has 8 heteroatoms. The third-order valence-corrected chi connectivity index (χ3v) is 5.53. The van der Waals surface area contributed by atoms with Gasteiger partial charge in [0.1, 0.15) is 17.3 Å². The van der Waals surface area contributed by atoms with Crippen LogP contribution in [0.1, 0.15) is 33.4 Å². The molecule has 0 saturated carbocycles. The maximum Gasteiger partial charge on any atom is 0.350 e. The van der Waals surface area contributed by atoms with Crippen molar-refractivity contribution in [2.45, 2.75) is 27.0 Å². The predicted molar refractivity (Wildman–Crippen MR) is 116 cm³/mol. The lowest BCUT2D eigenvalue weighted by Gasteiger charge is -2.20. The van der Waals surface area contributed by atoms with Crippen molar-refractivity contribution in [1.82, 2.24) is 4.98 Å². The molecule has 0 aliphatic rings. The van der Waals surface area contributed by atoms with Crippen molar-refractivity contribution in [2.75, 3.05) is 18.1 Å². The summed E-state index contributed by atoms with van der Waals surface area (Å²) in [4.78, 5) is 31.4. The summed E-state index contributed by atoms with van der Waals surface area (Å²) < 4.78 is 24.0. The number of benzene rings is 2. The van der Waals surface area contributed by atoms with Crippen molar-refractivity contribution in [1.29, 1.82) is 0 Å². The molecular formula is C23H23FN2O4S. The van der Waals surface area contributed by atoms with Gasteiger partial charge in [0.2, 0.25) is 0 Å². The molecule has 0 atom stereocenters. The number of thiazole rings is 1. The molecule has 162 valence electrons. The van der Waals surface area contributed by atoms with Crippen LogP contribution in [0.15, 0.2) is 54.6 Å². The van der Waals surface area contributed by atoms with E-state index in [-0.39, 0.29) is 31.5 Å². The quantitative estimate of drug-likeness (QED) is 0.456. The molecule has 31 heavy (non-hydrogen) atoms. The molecule has 0 aliphatic carbocycles. The fourth-order valence-electron chi connectivity index (χ4n) is 2.83. The molecule has 2 aromatic carbocycles. The van der Waals surface area contributed by atoms with E-state index in [9.17, 15) is 14.0 Å². The van der Waals surface area contributed by atoms with E-state index in [1.54, 1.807) is 26.0 Å². The van der Waals surface area contributed by atoms with Crippen molar-refractivity contribution in [3.63, 3.8) is 0 Å². The molecule has 0 fully saturated rings. The molecular weight excluding hydrogens is 419 g/mol. The third kappa shape index (κ3) is 6.19. The van der Waals surface area contributed by atoms with Gasteiger partial charge in [0.05, 0.1) is 25.5 Å². The number of aryl methyl sites for hydroxylation is 1. The number of anilines is 1. The first kappa shape index (κ1) is 22.6. The molecule has 3 aromatic rings. The Kier molecular flexibility index (Phi) is 7.86. The van der Waals surface area contributed by atoms with Gasteiger partial charge in [0, 0.05) is 0 Å². The number of amides is 1. The lowest BCUT2D eigenvalue weighted by atomic mass is 10.2. The van der Waals surface area contributed by atoms with Crippen LogP contribution in [-0.4, -0.2) is 30.1 Å². The fourth-order valence-corrected chi connectivity index (χ4v) is 3.80. The maximum atomic E-state index is 13.3. The summed E-state index contributed by atoms with van der Waals surface area (Å²) in [5.41, 5.74) is 2.17. The SMILES string of the molecule is CCOC(=O)c1sc(N(Cc2ccc(F)cc2)C(=O)COCc2ccccc2)nc1C. The van der Waals surface area contributed by atoms with Gasteiger partial charge in [-0.05, 0) is 37.1 Å². The van der Waals surface area contributed by atoms with Gasteiger partial charge >= 0.3 is 5.97 Å². The zero-order valence-corrected chi connectivity index (χ0v) is 18.2. The monoisotopic (exact) mass is 442 g/mol. The van der Waals surface area contributed by atoms with Gasteiger partial charge in [-0.1, -0.05) is 53.8 Å². The van der Waals surface area contributed by atoms with E-state index in [4.69, 9.17) is 9.47 Å². The Bertz CT molecular complexity index is 1020. The number of rotatable bonds is 9. The van der Waals surface area contributed by atoms with Crippen LogP contribution < -0.4 is 4.90 Å². The van der Waals surface area contributed by atoms with Gasteiger partial charge in [0.25, 0.3) is 5.91 Å². The fraction of sp³-hybridized carbons (Fsp3) is 0.261. The predicted octanol–water partition coefficient (Wildman–Crippen LogP) is 4.52. The standard InChI is InChI=1S/C23H23FN2O4S/c1-3-30-22(28)21-16(2)25-23(31-21)26(13-17-9-11-19(24)12-10-17)20(27)15-29-14-18-7-5-4-6-8-18/h4-12H,3,13-15H2,1-2H3. The molecule has 6 nitrogen and oxygen atoms in total. The average molecular weight is 443 g/mol. The summed E-state index contributed by atoms with van der Waals surface area (Å²) in [6.45, 7) is 3.97. The Morgan fingerprint density at radius 2 is 1.77 bits per heavy atom. The summed E-state index contributed by atoms with van der Waals surface area (Å²) in [6, 6.07) is 15.4. The second kappa shape index (κ2) is 10.8. The molecule has 0 bridgehead atoms. The minimum Gasteiger partial charge on any atom is -0.462 e. The molecule has 1 heterocycles. The van der Waals surface area contributed by atoms with Crippen LogP contribution in [0.4, 0.5) is 9.52 Å². The smallest absolute Gasteiger partial charge is 0.350 e. The van der Waals surface area contributed by atoms with Crippen LogP contribution in [0.5, 0.6) is 0 Å². The van der Waals surface area contributed by atoms with Gasteiger partial charge in [0.15, 0.2) is 5.13 Å². The number of esters is 1. The lowest BCUT2D eigenvalue weighted by molar-refractivity contribution is -0.123. The van der Waals surface area contributed by atoms with Gasteiger partial charge in [-0.15, -0.1) is 0 Å². The summed E-state index contributed by atoms with van der Waals surface area (Å²) in [5.74, 6) is -1.15. The summed E-state index contributed by atoms with van der Waals surface area (Å²) >= 11 is 1.09. The van der Waals surface area contributed by atoms with E-state index in [0.29, 0.717) is 22.3 Å². The number of nitrogens with zero attached hydrogens (tertiary/aromatic N) is 2. The van der Waals surface area contributed by atoms with Crippen LogP contribution in [0.2, 0.25) is 0 Å². The Hall–Kier alpha value is -3.10. The van der Waals surface area contributed by atoms with Gasteiger partial charge in [-0.3, -0.25) is 9.69 Å². The highest BCUT2D eigenvalue weighted by Gasteiger charge is 2.24. The van der Waals surface area contributed by atoms with E-state index >= 15 is 0 Å². The summed E-state index contributed by atoms with van der Waals surface area (Å²) in [5, 5.41) is 0.359. The normalized spacial score (nSPS) is 10.7. The molecule has 0 radical (unpaired) electrons. The van der Waals surface area contributed by atoms with Gasteiger partial charge < -0.3 is 9.47 Å². The minimum absolute atomic E-state index is 0.163. The van der Waals surface area contributed by atoms with Crippen LogP contribution in [0, 0.1) is 12.7 Å². The van der Waals surface area contributed by atoms with Crippen LogP contribution in [0.3, 0.4) is 0 Å². The van der Waals surface area contributed by atoms with E-state index in [2.05, 4.69) is 4.98 Å². The van der Waals surface area contributed by atoms with Crippen molar-refractivity contribution in [3.8, 4) is 0 Å². The molecule has 0 saturated heterocycles. The molecule has 3 rings (SSSR count). The zero-order chi connectivity index (χ0) is 22.2. The van der Waals surface area contributed by atoms with Crippen molar-refractivity contribution >= 4 is 28.3 Å². The van der Waals surface area contributed by atoms with Crippen LogP contribution >= 0.6 is 11.3 Å². The van der Waals surface area contributed by atoms with Crippen LogP contribution in [-0.2, 0) is 27.4 Å². The molecule has 0 aliphatic heterocycles. The van der Waals surface area contributed by atoms with Crippen LogP contribution in [0.25, 0.3) is 0 Å². The topological polar surface area (TPSA) is 68.7 Å². The second-order valence-corrected chi connectivity index (χ2v) is 7.69. The zero-order valence-electron chi connectivity index (χ0n) is 17.3. The number of hydrogen-bond donors (Lipinski definition) is 0. The van der Waals surface area contributed by atoms with Crippen molar-refractivity contribution in [3.05, 3.63) is 82.1 Å². The highest BCUT2D eigenvalue weighted by molar-refractivity contribution is 7.17. The Morgan fingerprint density at radius 3 is 2.45 bits per heavy atom. The number of hydrogen-bond acceptors (Lipinski definition) is 6. The average Bonchev–Trinajstić information content (AvgIpc) is 3.15. The Morgan fingerprint density at radius 1 is 1.06 bits per heavy atom. The lowest BCUT2D eigenvalue weighted by Crippen LogP contribution is -2.33. The highest BCUT2D eigenvalue weighted by Crippen LogP contribution is 2.28. The summed E-state index contributed by atoms with van der Waals surface area (Å²) in [7, 11) is 0. The van der Waals surface area contributed by atoms with E-state index < -0.39 is 5.97 Å². The van der Waals surface area contributed by atoms with Crippen molar-refractivity contribution in [2.24, 2.45) is 0 Å². The summed E-state index contributed by atoms with van der Waals surface area (Å²) in [6.07, 6.45) is 0. The highest BCUT2D eigenvalue weighted by atomic mass is 32.1.